The molecule has 0 aliphatic heterocycles. The Kier molecular flexibility index (Phi) is 7.33. The molecule has 0 atom stereocenters. The zero-order valence-corrected chi connectivity index (χ0v) is 28.8. The number of hydrogen-bond acceptors (Lipinski definition) is 4. The monoisotopic (exact) mass is 676 g/mol. The molecule has 7 aromatic carbocycles. The summed E-state index contributed by atoms with van der Waals surface area (Å²) in [5, 5.41) is 1.18. The first-order valence-corrected chi connectivity index (χ1v) is 17.9. The molecule has 2 aromatic heterocycles. The van der Waals surface area contributed by atoms with Crippen LogP contribution in [0.3, 0.4) is 0 Å². The van der Waals surface area contributed by atoms with Crippen molar-refractivity contribution < 1.29 is 0 Å². The van der Waals surface area contributed by atoms with Crippen molar-refractivity contribution in [3.05, 3.63) is 216 Å². The van der Waals surface area contributed by atoms with Crippen LogP contribution in [0.5, 0.6) is 0 Å². The van der Waals surface area contributed by atoms with Gasteiger partial charge in [0.1, 0.15) is 0 Å². The van der Waals surface area contributed by atoms with Crippen molar-refractivity contribution >= 4 is 10.9 Å². The molecule has 0 N–H and O–H groups in total. The Bertz CT molecular complexity index is 2670. The lowest BCUT2D eigenvalue weighted by Crippen LogP contribution is -2.33. The fourth-order valence-electron chi connectivity index (χ4n) is 8.07. The van der Waals surface area contributed by atoms with E-state index in [4.69, 9.17) is 19.9 Å². The number of pyridine rings is 1. The highest BCUT2D eigenvalue weighted by molar-refractivity contribution is 6.04. The van der Waals surface area contributed by atoms with E-state index in [0.717, 1.165) is 33.5 Å². The third kappa shape index (κ3) is 5.07. The maximum atomic E-state index is 5.39. The average molecular weight is 677 g/mol. The van der Waals surface area contributed by atoms with Crippen LogP contribution in [0.4, 0.5) is 0 Å². The summed E-state index contributed by atoms with van der Waals surface area (Å²) in [4.78, 5) is 20.3. The van der Waals surface area contributed by atoms with Gasteiger partial charge in [-0.15, -0.1) is 0 Å². The minimum atomic E-state index is -0.514. The second-order valence-corrected chi connectivity index (χ2v) is 13.4. The summed E-state index contributed by atoms with van der Waals surface area (Å²) in [5.74, 6) is 1.89. The minimum absolute atomic E-state index is 0.514. The Hall–Kier alpha value is -7.04. The van der Waals surface area contributed by atoms with Gasteiger partial charge in [-0.3, -0.25) is 0 Å². The van der Waals surface area contributed by atoms with Gasteiger partial charge in [-0.05, 0) is 51.6 Å². The number of benzene rings is 7. The molecule has 0 saturated heterocycles. The lowest BCUT2D eigenvalue weighted by molar-refractivity contribution is 0.749. The van der Waals surface area contributed by atoms with Crippen molar-refractivity contribution in [2.75, 3.05) is 0 Å². The number of rotatable bonds is 6. The van der Waals surface area contributed by atoms with E-state index in [1.54, 1.807) is 0 Å². The molecular weight excluding hydrogens is 645 g/mol. The van der Waals surface area contributed by atoms with Crippen LogP contribution in [-0.4, -0.2) is 19.9 Å². The zero-order chi connectivity index (χ0) is 35.2. The molecule has 9 aromatic rings. The van der Waals surface area contributed by atoms with Gasteiger partial charge < -0.3 is 0 Å². The van der Waals surface area contributed by atoms with Crippen molar-refractivity contribution in [1.82, 2.24) is 19.9 Å². The molecule has 0 amide bonds. The van der Waals surface area contributed by atoms with Crippen LogP contribution >= 0.6 is 0 Å². The predicted octanol–water partition coefficient (Wildman–Crippen LogP) is 11.5. The third-order valence-corrected chi connectivity index (χ3v) is 10.4. The molecular formula is C49H32N4. The Balaban J connectivity index is 1.18. The fraction of sp³-hybridized carbons (Fsp3) is 0.0204. The van der Waals surface area contributed by atoms with E-state index in [1.807, 2.05) is 60.7 Å². The van der Waals surface area contributed by atoms with Crippen LogP contribution in [0, 0.1) is 0 Å². The minimum Gasteiger partial charge on any atom is -0.248 e. The molecule has 1 aliphatic carbocycles. The predicted molar refractivity (Wildman–Crippen MR) is 214 cm³/mol. The molecule has 0 saturated carbocycles. The average Bonchev–Trinajstić information content (AvgIpc) is 3.25. The zero-order valence-electron chi connectivity index (χ0n) is 28.8. The molecule has 4 nitrogen and oxygen atoms in total. The molecule has 0 radical (unpaired) electrons. The van der Waals surface area contributed by atoms with E-state index in [2.05, 4.69) is 133 Å². The van der Waals surface area contributed by atoms with Gasteiger partial charge in [-0.2, -0.15) is 0 Å². The summed E-state index contributed by atoms with van der Waals surface area (Å²) in [5.41, 5.74) is 12.5. The number of nitrogens with zero attached hydrogens (tertiary/aromatic N) is 4. The van der Waals surface area contributed by atoms with Crippen LogP contribution in [-0.2, 0) is 5.41 Å². The second kappa shape index (κ2) is 12.6. The largest absolute Gasteiger partial charge is 0.248 e. The molecule has 0 bridgehead atoms. The van der Waals surface area contributed by atoms with E-state index in [1.165, 1.54) is 38.8 Å². The van der Waals surface area contributed by atoms with Crippen molar-refractivity contribution in [2.24, 2.45) is 0 Å². The quantitative estimate of drug-likeness (QED) is 0.176. The summed E-state index contributed by atoms with van der Waals surface area (Å²) in [7, 11) is 0. The van der Waals surface area contributed by atoms with Gasteiger partial charge in [0.15, 0.2) is 17.5 Å². The van der Waals surface area contributed by atoms with Gasteiger partial charge in [0.25, 0.3) is 0 Å². The molecule has 4 heteroatoms. The van der Waals surface area contributed by atoms with E-state index in [0.29, 0.717) is 17.5 Å². The number of fused-ring (bicyclic) bond motifs is 2. The van der Waals surface area contributed by atoms with Crippen molar-refractivity contribution in [3.63, 3.8) is 0 Å². The topological polar surface area (TPSA) is 51.6 Å². The molecule has 248 valence electrons. The van der Waals surface area contributed by atoms with Gasteiger partial charge in [-0.1, -0.05) is 176 Å². The summed E-state index contributed by atoms with van der Waals surface area (Å²) in [6.45, 7) is 0. The summed E-state index contributed by atoms with van der Waals surface area (Å²) in [6, 6.07) is 68.1. The van der Waals surface area contributed by atoms with E-state index in [-0.39, 0.29) is 0 Å². The molecule has 2 heterocycles. The Morgan fingerprint density at radius 3 is 1.42 bits per heavy atom. The van der Waals surface area contributed by atoms with Crippen LogP contribution in [0.15, 0.2) is 194 Å². The summed E-state index contributed by atoms with van der Waals surface area (Å²) < 4.78 is 0. The van der Waals surface area contributed by atoms with Gasteiger partial charge >= 0.3 is 0 Å². The molecule has 0 fully saturated rings. The maximum Gasteiger partial charge on any atom is 0.164 e. The first kappa shape index (κ1) is 30.8. The normalized spacial score (nSPS) is 12.7. The SMILES string of the molecule is c1ccc(-c2nc(-c3ccccc3)nc(-c3cccc(-c4cc5c6c(cccc6n4)C(c4ccccc4)(c4ccccc4)c4ccccc4-5)c3)n2)cc1. The van der Waals surface area contributed by atoms with Gasteiger partial charge in [-0.25, -0.2) is 19.9 Å². The van der Waals surface area contributed by atoms with Crippen molar-refractivity contribution in [2.45, 2.75) is 5.41 Å². The Morgan fingerprint density at radius 2 is 0.792 bits per heavy atom. The Labute approximate surface area is 308 Å². The van der Waals surface area contributed by atoms with E-state index < -0.39 is 5.41 Å². The van der Waals surface area contributed by atoms with Crippen LogP contribution in [0.2, 0.25) is 0 Å². The summed E-state index contributed by atoms with van der Waals surface area (Å²) in [6.07, 6.45) is 0. The van der Waals surface area contributed by atoms with Crippen LogP contribution in [0.25, 0.3) is 67.5 Å². The van der Waals surface area contributed by atoms with Crippen molar-refractivity contribution in [1.29, 1.82) is 0 Å². The van der Waals surface area contributed by atoms with E-state index in [9.17, 15) is 0 Å². The highest BCUT2D eigenvalue weighted by Gasteiger charge is 2.44. The number of hydrogen-bond donors (Lipinski definition) is 0. The van der Waals surface area contributed by atoms with E-state index >= 15 is 0 Å². The lowest BCUT2D eigenvalue weighted by Gasteiger charge is -2.42. The van der Waals surface area contributed by atoms with Gasteiger partial charge in [0.2, 0.25) is 0 Å². The van der Waals surface area contributed by atoms with Gasteiger partial charge in [0.05, 0.1) is 16.6 Å². The molecule has 1 aliphatic rings. The van der Waals surface area contributed by atoms with Gasteiger partial charge in [0, 0.05) is 27.6 Å². The first-order valence-electron chi connectivity index (χ1n) is 17.9. The second-order valence-electron chi connectivity index (χ2n) is 13.4. The highest BCUT2D eigenvalue weighted by atomic mass is 15.0. The molecule has 0 spiro atoms. The van der Waals surface area contributed by atoms with Crippen molar-refractivity contribution in [3.8, 4) is 56.5 Å². The molecule has 0 unspecified atom stereocenters. The van der Waals surface area contributed by atoms with Crippen LogP contribution < -0.4 is 0 Å². The summed E-state index contributed by atoms with van der Waals surface area (Å²) >= 11 is 0. The third-order valence-electron chi connectivity index (χ3n) is 10.4. The molecule has 53 heavy (non-hydrogen) atoms. The van der Waals surface area contributed by atoms with Crippen LogP contribution in [0.1, 0.15) is 22.3 Å². The standard InChI is InChI=1S/C49H32N4/c1-5-17-33(18-6-1)46-51-47(34-19-7-2-8-20-34)53-48(52-46)36-22-15-21-35(31-36)44-32-40-39-27-13-14-28-41(39)49(37-23-9-3-10-24-37,38-25-11-4-12-26-38)42-29-16-30-43(50-44)45(40)42/h1-32H. The first-order chi connectivity index (χ1) is 26.3. The highest BCUT2D eigenvalue weighted by Crippen LogP contribution is 2.55. The maximum absolute atomic E-state index is 5.39. The molecule has 10 rings (SSSR count). The Morgan fingerprint density at radius 1 is 0.321 bits per heavy atom. The number of aromatic nitrogens is 4. The smallest absolute Gasteiger partial charge is 0.164 e. The lowest BCUT2D eigenvalue weighted by atomic mass is 9.60. The fourth-order valence-corrected chi connectivity index (χ4v) is 8.07.